The van der Waals surface area contributed by atoms with Crippen molar-refractivity contribution in [2.24, 2.45) is 0 Å². The highest BCUT2D eigenvalue weighted by atomic mass is 32.2. The largest absolute Gasteiger partial charge is 0.341 e. The Bertz CT molecular complexity index is 1250. The number of hydrogen-bond acceptors (Lipinski definition) is 2. The number of anilines is 1. The van der Waals surface area contributed by atoms with Crippen molar-refractivity contribution in [2.75, 3.05) is 4.72 Å². The molecule has 0 aliphatic heterocycles. The number of sulfonamides is 1. The van der Waals surface area contributed by atoms with Gasteiger partial charge in [0.2, 0.25) is 0 Å². The third-order valence-corrected chi connectivity index (χ3v) is 6.60. The number of benzene rings is 3. The van der Waals surface area contributed by atoms with Crippen LogP contribution in [0.15, 0.2) is 71.6 Å². The third-order valence-electron chi connectivity index (χ3n) is 5.20. The van der Waals surface area contributed by atoms with E-state index in [0.717, 1.165) is 33.9 Å². The Labute approximate surface area is 165 Å². The lowest BCUT2D eigenvalue weighted by Crippen LogP contribution is -2.13. The first-order chi connectivity index (χ1) is 13.4. The Balaban J connectivity index is 1.74. The zero-order chi connectivity index (χ0) is 19.9. The third kappa shape index (κ3) is 3.16. The van der Waals surface area contributed by atoms with Crippen LogP contribution in [0.5, 0.6) is 0 Å². The van der Waals surface area contributed by atoms with Crippen molar-refractivity contribution >= 4 is 37.5 Å². The van der Waals surface area contributed by atoms with Crippen LogP contribution in [0.1, 0.15) is 32.3 Å². The maximum atomic E-state index is 12.8. The highest BCUT2D eigenvalue weighted by Crippen LogP contribution is 2.31. The van der Waals surface area contributed by atoms with E-state index in [2.05, 4.69) is 42.2 Å². The first-order valence-electron chi connectivity index (χ1n) is 9.54. The first kappa shape index (κ1) is 18.6. The lowest BCUT2D eigenvalue weighted by molar-refractivity contribution is 0.601. The Hall–Kier alpha value is -2.79. The smallest absolute Gasteiger partial charge is 0.261 e. The predicted molar refractivity (Wildman–Crippen MR) is 116 cm³/mol. The van der Waals surface area contributed by atoms with Crippen LogP contribution in [0.4, 0.5) is 5.69 Å². The number of rotatable bonds is 5. The molecule has 0 aliphatic carbocycles. The molecule has 5 heteroatoms. The molecule has 0 spiro atoms. The van der Waals surface area contributed by atoms with E-state index in [9.17, 15) is 8.42 Å². The summed E-state index contributed by atoms with van der Waals surface area (Å²) in [5.74, 6) is 0.364. The number of nitrogens with zero attached hydrogens (tertiary/aromatic N) is 1. The van der Waals surface area contributed by atoms with Crippen molar-refractivity contribution in [3.63, 3.8) is 0 Å². The summed E-state index contributed by atoms with van der Waals surface area (Å²) in [6.07, 6.45) is 0. The zero-order valence-electron chi connectivity index (χ0n) is 16.3. The summed E-state index contributed by atoms with van der Waals surface area (Å²) in [6, 6.07) is 21.0. The van der Waals surface area contributed by atoms with Gasteiger partial charge in [-0.05, 0) is 54.8 Å². The summed E-state index contributed by atoms with van der Waals surface area (Å²) >= 11 is 0. The Morgan fingerprint density at radius 3 is 2.25 bits per heavy atom. The molecular weight excluding hydrogens is 368 g/mol. The van der Waals surface area contributed by atoms with Crippen molar-refractivity contribution in [2.45, 2.75) is 38.1 Å². The molecule has 0 saturated carbocycles. The van der Waals surface area contributed by atoms with Crippen LogP contribution in [-0.2, 0) is 16.6 Å². The molecule has 0 saturated heterocycles. The van der Waals surface area contributed by atoms with Gasteiger partial charge in [-0.3, -0.25) is 4.72 Å². The fourth-order valence-corrected chi connectivity index (χ4v) is 4.75. The molecule has 0 radical (unpaired) electrons. The van der Waals surface area contributed by atoms with E-state index in [1.807, 2.05) is 42.5 Å². The molecule has 28 heavy (non-hydrogen) atoms. The monoisotopic (exact) mass is 392 g/mol. The van der Waals surface area contributed by atoms with Gasteiger partial charge >= 0.3 is 0 Å². The normalized spacial score (nSPS) is 12.1. The molecule has 1 N–H and O–H groups in total. The van der Waals surface area contributed by atoms with Crippen LogP contribution in [0.25, 0.3) is 21.8 Å². The number of nitrogens with one attached hydrogen (secondary N) is 1. The second-order valence-corrected chi connectivity index (χ2v) is 9.00. The fourth-order valence-electron chi connectivity index (χ4n) is 3.70. The molecular formula is C23H24N2O2S. The molecule has 0 fully saturated rings. The van der Waals surface area contributed by atoms with E-state index in [1.54, 1.807) is 12.1 Å². The lowest BCUT2D eigenvalue weighted by atomic mass is 10.0. The van der Waals surface area contributed by atoms with Gasteiger partial charge in [-0.15, -0.1) is 0 Å². The van der Waals surface area contributed by atoms with Gasteiger partial charge in [-0.2, -0.15) is 0 Å². The molecule has 4 aromatic rings. The Morgan fingerprint density at radius 2 is 1.57 bits per heavy atom. The van der Waals surface area contributed by atoms with E-state index in [1.165, 1.54) is 0 Å². The summed E-state index contributed by atoms with van der Waals surface area (Å²) in [4.78, 5) is 0.271. The first-order valence-corrected chi connectivity index (χ1v) is 11.0. The number of fused-ring (bicyclic) bond motifs is 3. The Morgan fingerprint density at radius 1 is 0.893 bits per heavy atom. The molecule has 0 bridgehead atoms. The molecule has 3 aromatic carbocycles. The summed E-state index contributed by atoms with van der Waals surface area (Å²) < 4.78 is 30.6. The van der Waals surface area contributed by atoms with Gasteiger partial charge in [-0.25, -0.2) is 8.42 Å². The molecule has 1 heterocycles. The molecule has 0 atom stereocenters. The van der Waals surface area contributed by atoms with Gasteiger partial charge in [0, 0.05) is 34.0 Å². The minimum atomic E-state index is -3.63. The van der Waals surface area contributed by atoms with Gasteiger partial charge in [0.25, 0.3) is 10.0 Å². The quantitative estimate of drug-likeness (QED) is 0.471. The van der Waals surface area contributed by atoms with Crippen molar-refractivity contribution in [3.05, 3.63) is 72.3 Å². The summed E-state index contributed by atoms with van der Waals surface area (Å²) in [7, 11) is -3.63. The van der Waals surface area contributed by atoms with Crippen LogP contribution in [0.2, 0.25) is 0 Å². The molecule has 144 valence electrons. The molecule has 4 rings (SSSR count). The standard InChI is InChI=1S/C23H24N2O2S/c1-4-25-22-8-6-5-7-20(22)21-15-18(11-14-23(21)25)24-28(26,27)19-12-9-17(10-13-19)16(2)3/h5-16,24H,4H2,1-3H3. The molecule has 0 amide bonds. The minimum Gasteiger partial charge on any atom is -0.341 e. The molecule has 0 unspecified atom stereocenters. The predicted octanol–water partition coefficient (Wildman–Crippen LogP) is 5.74. The van der Waals surface area contributed by atoms with Crippen LogP contribution in [0.3, 0.4) is 0 Å². The number of hydrogen-bond donors (Lipinski definition) is 1. The van der Waals surface area contributed by atoms with Crippen molar-refractivity contribution < 1.29 is 8.42 Å². The summed E-state index contributed by atoms with van der Waals surface area (Å²) in [6.45, 7) is 7.15. The molecule has 4 nitrogen and oxygen atoms in total. The topological polar surface area (TPSA) is 51.1 Å². The van der Waals surface area contributed by atoms with Gasteiger partial charge in [0.15, 0.2) is 0 Å². The molecule has 0 aliphatic rings. The van der Waals surface area contributed by atoms with Gasteiger partial charge < -0.3 is 4.57 Å². The van der Waals surface area contributed by atoms with E-state index < -0.39 is 10.0 Å². The minimum absolute atomic E-state index is 0.271. The number of para-hydroxylation sites is 1. The van der Waals surface area contributed by atoms with E-state index >= 15 is 0 Å². The maximum Gasteiger partial charge on any atom is 0.261 e. The summed E-state index contributed by atoms with van der Waals surface area (Å²) in [5, 5.41) is 2.18. The Kier molecular flexibility index (Phi) is 4.63. The highest BCUT2D eigenvalue weighted by molar-refractivity contribution is 7.92. The van der Waals surface area contributed by atoms with Crippen LogP contribution in [-0.4, -0.2) is 13.0 Å². The van der Waals surface area contributed by atoms with E-state index in [-0.39, 0.29) is 4.90 Å². The zero-order valence-corrected chi connectivity index (χ0v) is 17.1. The van der Waals surface area contributed by atoms with Crippen molar-refractivity contribution in [1.82, 2.24) is 4.57 Å². The number of aromatic nitrogens is 1. The summed E-state index contributed by atoms with van der Waals surface area (Å²) in [5.41, 5.74) is 3.95. The van der Waals surface area contributed by atoms with Crippen molar-refractivity contribution in [1.29, 1.82) is 0 Å². The lowest BCUT2D eigenvalue weighted by Gasteiger charge is -2.10. The SMILES string of the molecule is CCn1c2ccccc2c2cc(NS(=O)(=O)c3ccc(C(C)C)cc3)ccc21. The van der Waals surface area contributed by atoms with Crippen LogP contribution in [0, 0.1) is 0 Å². The van der Waals surface area contributed by atoms with Crippen LogP contribution >= 0.6 is 0 Å². The van der Waals surface area contributed by atoms with Gasteiger partial charge in [0.1, 0.15) is 0 Å². The molecule has 1 aromatic heterocycles. The van der Waals surface area contributed by atoms with E-state index in [4.69, 9.17) is 0 Å². The highest BCUT2D eigenvalue weighted by Gasteiger charge is 2.16. The number of aryl methyl sites for hydroxylation is 1. The van der Waals surface area contributed by atoms with Gasteiger partial charge in [0.05, 0.1) is 4.90 Å². The second kappa shape index (κ2) is 6.99. The average Bonchev–Trinajstić information content (AvgIpc) is 3.01. The fraction of sp³-hybridized carbons (Fsp3) is 0.217. The average molecular weight is 393 g/mol. The van der Waals surface area contributed by atoms with E-state index in [0.29, 0.717) is 11.6 Å². The van der Waals surface area contributed by atoms with Gasteiger partial charge in [-0.1, -0.05) is 44.2 Å². The second-order valence-electron chi connectivity index (χ2n) is 7.32. The van der Waals surface area contributed by atoms with Crippen molar-refractivity contribution in [3.8, 4) is 0 Å². The maximum absolute atomic E-state index is 12.8. The van der Waals surface area contributed by atoms with Crippen LogP contribution < -0.4 is 4.72 Å².